The van der Waals surface area contributed by atoms with Gasteiger partial charge in [0.2, 0.25) is 0 Å². The molecule has 10 heteroatoms. The van der Waals surface area contributed by atoms with Gasteiger partial charge in [-0.25, -0.2) is 9.79 Å². The van der Waals surface area contributed by atoms with Crippen LogP contribution in [0.25, 0.3) is 6.08 Å². The van der Waals surface area contributed by atoms with Gasteiger partial charge in [0.1, 0.15) is 24.1 Å². The van der Waals surface area contributed by atoms with E-state index in [0.29, 0.717) is 53.8 Å². The van der Waals surface area contributed by atoms with E-state index in [2.05, 4.69) is 20.9 Å². The van der Waals surface area contributed by atoms with Crippen molar-refractivity contribution >= 4 is 50.9 Å². The van der Waals surface area contributed by atoms with Gasteiger partial charge in [-0.05, 0) is 73.5 Å². The molecule has 1 aliphatic rings. The number of esters is 1. The highest BCUT2D eigenvalue weighted by molar-refractivity contribution is 9.10. The topological polar surface area (TPSA) is 79.1 Å². The minimum absolute atomic E-state index is 0.122. The number of fused-ring (bicyclic) bond motifs is 1. The van der Waals surface area contributed by atoms with Crippen LogP contribution in [-0.2, 0) is 16.1 Å². The number of rotatable bonds is 9. The number of carbonyl (C=O) groups is 1. The molecular formula is C33H30BrClN2O5S. The molecule has 1 aromatic heterocycles. The highest BCUT2D eigenvalue weighted by atomic mass is 79.9. The molecule has 1 atom stereocenters. The van der Waals surface area contributed by atoms with Gasteiger partial charge in [0.15, 0.2) is 4.80 Å². The van der Waals surface area contributed by atoms with E-state index >= 15 is 0 Å². The minimum atomic E-state index is -0.799. The smallest absolute Gasteiger partial charge is 0.338 e. The van der Waals surface area contributed by atoms with Crippen LogP contribution in [0.5, 0.6) is 11.5 Å². The Balaban J connectivity index is 1.69. The number of hydrogen-bond donors (Lipinski definition) is 0. The second-order valence-corrected chi connectivity index (χ2v) is 12.4. The summed E-state index contributed by atoms with van der Waals surface area (Å²) in [7, 11) is 0. The number of allylic oxidation sites excluding steroid dienone is 1. The maximum absolute atomic E-state index is 14.2. The van der Waals surface area contributed by atoms with Crippen LogP contribution in [0.15, 0.2) is 92.3 Å². The standard InChI is InChI=1S/C33H30BrClN2O5S/c1-5-40-32(39)28-20(4)36-33-37(29(28)24-13-9-10-14-26(24)42-19(2)3)31(38)27(43-33)16-22-15-23(35)17-25(34)30(22)41-18-21-11-7-6-8-12-21/h6-17,19,29H,5,18H2,1-4H3/b27-16-/t29-/m0/s1. The lowest BCUT2D eigenvalue weighted by Gasteiger charge is -2.26. The SMILES string of the molecule is CCOC(=O)C1=C(C)N=c2s/c(=C\c3cc(Cl)cc(Br)c3OCc3ccccc3)c(=O)n2[C@H]1c1ccccc1OC(C)C. The minimum Gasteiger partial charge on any atom is -0.491 e. The van der Waals surface area contributed by atoms with Crippen LogP contribution < -0.4 is 24.4 Å². The molecule has 0 fully saturated rings. The van der Waals surface area contributed by atoms with Gasteiger partial charge in [-0.3, -0.25) is 9.36 Å². The third kappa shape index (κ3) is 6.64. The first-order valence-corrected chi connectivity index (χ1v) is 15.8. The molecule has 1 aliphatic heterocycles. The molecule has 0 radical (unpaired) electrons. The largest absolute Gasteiger partial charge is 0.491 e. The molecule has 0 unspecified atom stereocenters. The van der Waals surface area contributed by atoms with Crippen LogP contribution in [0.4, 0.5) is 0 Å². The van der Waals surface area contributed by atoms with E-state index < -0.39 is 12.0 Å². The molecule has 5 rings (SSSR count). The number of carbonyl (C=O) groups excluding carboxylic acids is 1. The van der Waals surface area contributed by atoms with Gasteiger partial charge < -0.3 is 14.2 Å². The Morgan fingerprint density at radius 2 is 1.86 bits per heavy atom. The van der Waals surface area contributed by atoms with E-state index in [9.17, 15) is 9.59 Å². The molecule has 43 heavy (non-hydrogen) atoms. The maximum atomic E-state index is 14.2. The quantitative estimate of drug-likeness (QED) is 0.187. The number of nitrogens with zero attached hydrogens (tertiary/aromatic N) is 2. The van der Waals surface area contributed by atoms with Crippen molar-refractivity contribution in [3.05, 3.63) is 124 Å². The summed E-state index contributed by atoms with van der Waals surface area (Å²) >= 11 is 11.2. The fourth-order valence-electron chi connectivity index (χ4n) is 4.86. The first-order chi connectivity index (χ1) is 20.7. The number of benzene rings is 3. The molecule has 7 nitrogen and oxygen atoms in total. The van der Waals surface area contributed by atoms with Gasteiger partial charge in [0.05, 0.1) is 33.0 Å². The number of halogens is 2. The number of aromatic nitrogens is 1. The van der Waals surface area contributed by atoms with Gasteiger partial charge in [0.25, 0.3) is 5.56 Å². The van der Waals surface area contributed by atoms with Crippen molar-refractivity contribution in [3.8, 4) is 11.5 Å². The molecule has 0 saturated carbocycles. The first kappa shape index (κ1) is 30.8. The summed E-state index contributed by atoms with van der Waals surface area (Å²) < 4.78 is 20.4. The predicted molar refractivity (Wildman–Crippen MR) is 173 cm³/mol. The van der Waals surface area contributed by atoms with Crippen molar-refractivity contribution in [2.75, 3.05) is 6.61 Å². The van der Waals surface area contributed by atoms with Crippen LogP contribution in [0.1, 0.15) is 50.4 Å². The third-order valence-corrected chi connectivity index (χ3v) is 8.43. The second kappa shape index (κ2) is 13.3. The Kier molecular flexibility index (Phi) is 9.54. The monoisotopic (exact) mass is 680 g/mol. The lowest BCUT2D eigenvalue weighted by molar-refractivity contribution is -0.139. The normalized spacial score (nSPS) is 14.9. The van der Waals surface area contributed by atoms with Crippen LogP contribution in [0.2, 0.25) is 5.02 Å². The molecule has 0 saturated heterocycles. The summed E-state index contributed by atoms with van der Waals surface area (Å²) in [6, 6.07) is 19.9. The number of thiazole rings is 1. The molecule has 2 heterocycles. The molecule has 4 aromatic rings. The second-order valence-electron chi connectivity index (χ2n) is 10.1. The van der Waals surface area contributed by atoms with Crippen LogP contribution in [0.3, 0.4) is 0 Å². The van der Waals surface area contributed by atoms with E-state index in [-0.39, 0.29) is 23.8 Å². The van der Waals surface area contributed by atoms with Gasteiger partial charge >= 0.3 is 5.97 Å². The van der Waals surface area contributed by atoms with Crippen molar-refractivity contribution in [2.24, 2.45) is 4.99 Å². The zero-order valence-electron chi connectivity index (χ0n) is 24.1. The number of hydrogen-bond acceptors (Lipinski definition) is 7. The lowest BCUT2D eigenvalue weighted by Crippen LogP contribution is -2.40. The van der Waals surface area contributed by atoms with Gasteiger partial charge in [0, 0.05) is 16.1 Å². The molecule has 222 valence electrons. The molecular weight excluding hydrogens is 652 g/mol. The Morgan fingerprint density at radius 3 is 2.58 bits per heavy atom. The molecule has 0 bridgehead atoms. The van der Waals surface area contributed by atoms with Crippen molar-refractivity contribution < 1.29 is 19.0 Å². The van der Waals surface area contributed by atoms with Gasteiger partial charge in [-0.15, -0.1) is 0 Å². The van der Waals surface area contributed by atoms with Gasteiger partial charge in [-0.2, -0.15) is 0 Å². The van der Waals surface area contributed by atoms with E-state index in [4.69, 9.17) is 25.8 Å². The summed E-state index contributed by atoms with van der Waals surface area (Å²) in [6.45, 7) is 7.87. The highest BCUT2D eigenvalue weighted by Gasteiger charge is 2.35. The third-order valence-electron chi connectivity index (χ3n) is 6.64. The summed E-state index contributed by atoms with van der Waals surface area (Å²) in [4.78, 5) is 32.7. The van der Waals surface area contributed by atoms with Crippen molar-refractivity contribution in [1.82, 2.24) is 4.57 Å². The summed E-state index contributed by atoms with van der Waals surface area (Å²) in [5.74, 6) is 0.594. The van der Waals surface area contributed by atoms with Crippen LogP contribution in [0, 0.1) is 0 Å². The summed E-state index contributed by atoms with van der Waals surface area (Å²) in [6.07, 6.45) is 1.63. The molecule has 0 N–H and O–H groups in total. The van der Waals surface area contributed by atoms with E-state index in [1.54, 1.807) is 36.6 Å². The van der Waals surface area contributed by atoms with Gasteiger partial charge in [-0.1, -0.05) is 71.5 Å². The Bertz CT molecular complexity index is 1880. The van der Waals surface area contributed by atoms with Crippen molar-refractivity contribution in [2.45, 2.75) is 46.4 Å². The van der Waals surface area contributed by atoms with Crippen LogP contribution in [-0.4, -0.2) is 23.2 Å². The first-order valence-electron chi connectivity index (χ1n) is 13.8. The van der Waals surface area contributed by atoms with Crippen molar-refractivity contribution in [3.63, 3.8) is 0 Å². The summed E-state index contributed by atoms with van der Waals surface area (Å²) in [5.41, 5.74) is 2.75. The van der Waals surface area contributed by atoms with E-state index in [1.165, 1.54) is 11.3 Å². The van der Waals surface area contributed by atoms with Crippen LogP contribution >= 0.6 is 38.9 Å². The fourth-order valence-corrected chi connectivity index (χ4v) is 6.85. The number of ether oxygens (including phenoxy) is 3. The zero-order chi connectivity index (χ0) is 30.7. The predicted octanol–water partition coefficient (Wildman–Crippen LogP) is 6.58. The molecule has 0 spiro atoms. The fraction of sp³-hybridized carbons (Fsp3) is 0.242. The Labute approximate surface area is 266 Å². The Morgan fingerprint density at radius 1 is 1.14 bits per heavy atom. The van der Waals surface area contributed by atoms with E-state index in [1.807, 2.05) is 68.4 Å². The Hall–Kier alpha value is -3.66. The average Bonchev–Trinajstić information content (AvgIpc) is 3.26. The number of para-hydroxylation sites is 1. The average molecular weight is 682 g/mol. The molecule has 3 aromatic carbocycles. The molecule has 0 aliphatic carbocycles. The maximum Gasteiger partial charge on any atom is 0.338 e. The van der Waals surface area contributed by atoms with E-state index in [0.717, 1.165) is 5.56 Å². The summed E-state index contributed by atoms with van der Waals surface area (Å²) in [5, 5.41) is 0.482. The molecule has 0 amide bonds. The zero-order valence-corrected chi connectivity index (χ0v) is 27.3. The van der Waals surface area contributed by atoms with Crippen molar-refractivity contribution in [1.29, 1.82) is 0 Å². The lowest BCUT2D eigenvalue weighted by atomic mass is 9.95. The highest BCUT2D eigenvalue weighted by Crippen LogP contribution is 2.37.